The summed E-state index contributed by atoms with van der Waals surface area (Å²) in [5, 5.41) is 0. The highest BCUT2D eigenvalue weighted by Crippen LogP contribution is 2.46. The molecule has 0 aromatic carbocycles. The van der Waals surface area contributed by atoms with Crippen molar-refractivity contribution in [3.8, 4) is 0 Å². The van der Waals surface area contributed by atoms with E-state index in [1.54, 1.807) is 12.3 Å². The molecule has 1 spiro atoms. The Balaban J connectivity index is 1.95. The standard InChI is InChI=1S/C15H18N2O2/c1-11-5-8-16-12(9-11)17-13(18)10-15(14(17)19)6-3-2-4-7-15/h5,8-9H,2-4,6-7,10H2,1H3. The quantitative estimate of drug-likeness (QED) is 0.727. The SMILES string of the molecule is Cc1ccnc(N2C(=O)CC3(CCCCC3)C2=O)c1. The fraction of sp³-hybridized carbons (Fsp3) is 0.533. The predicted octanol–water partition coefficient (Wildman–Crippen LogP) is 2.60. The van der Waals surface area contributed by atoms with Gasteiger partial charge < -0.3 is 0 Å². The molecule has 0 radical (unpaired) electrons. The molecule has 1 saturated carbocycles. The number of hydrogen-bond acceptors (Lipinski definition) is 3. The van der Waals surface area contributed by atoms with Crippen LogP contribution in [0.4, 0.5) is 5.82 Å². The van der Waals surface area contributed by atoms with E-state index in [1.807, 2.05) is 13.0 Å². The van der Waals surface area contributed by atoms with Crippen molar-refractivity contribution < 1.29 is 9.59 Å². The minimum atomic E-state index is -0.430. The monoisotopic (exact) mass is 258 g/mol. The molecular weight excluding hydrogens is 240 g/mol. The molecule has 1 aliphatic carbocycles. The number of carbonyl (C=O) groups excluding carboxylic acids is 2. The van der Waals surface area contributed by atoms with Crippen molar-refractivity contribution in [2.75, 3.05) is 4.90 Å². The van der Waals surface area contributed by atoms with Crippen LogP contribution in [0.25, 0.3) is 0 Å². The van der Waals surface area contributed by atoms with Crippen LogP contribution in [-0.4, -0.2) is 16.8 Å². The molecule has 2 fully saturated rings. The second-order valence-electron chi connectivity index (χ2n) is 5.74. The Kier molecular flexibility index (Phi) is 2.88. The highest BCUT2D eigenvalue weighted by atomic mass is 16.2. The van der Waals surface area contributed by atoms with Gasteiger partial charge in [0.25, 0.3) is 0 Å². The third-order valence-corrected chi connectivity index (χ3v) is 4.34. The van der Waals surface area contributed by atoms with Gasteiger partial charge in [-0.2, -0.15) is 0 Å². The Morgan fingerprint density at radius 2 is 1.95 bits per heavy atom. The van der Waals surface area contributed by atoms with E-state index in [4.69, 9.17) is 0 Å². The van der Waals surface area contributed by atoms with E-state index in [1.165, 1.54) is 11.3 Å². The minimum Gasteiger partial charge on any atom is -0.274 e. The highest BCUT2D eigenvalue weighted by Gasteiger charge is 2.52. The van der Waals surface area contributed by atoms with Crippen LogP contribution in [0.15, 0.2) is 18.3 Å². The molecule has 3 rings (SSSR count). The molecule has 1 saturated heterocycles. The van der Waals surface area contributed by atoms with Gasteiger partial charge in [0.2, 0.25) is 11.8 Å². The second kappa shape index (κ2) is 4.44. The predicted molar refractivity (Wildman–Crippen MR) is 71.6 cm³/mol. The molecular formula is C15H18N2O2. The Labute approximate surface area is 112 Å². The maximum atomic E-state index is 12.7. The molecule has 100 valence electrons. The van der Waals surface area contributed by atoms with Gasteiger partial charge in [-0.15, -0.1) is 0 Å². The van der Waals surface area contributed by atoms with E-state index < -0.39 is 5.41 Å². The number of rotatable bonds is 1. The van der Waals surface area contributed by atoms with Gasteiger partial charge >= 0.3 is 0 Å². The Morgan fingerprint density at radius 3 is 2.63 bits per heavy atom. The van der Waals surface area contributed by atoms with Gasteiger partial charge in [-0.3, -0.25) is 9.59 Å². The van der Waals surface area contributed by atoms with Crippen LogP contribution < -0.4 is 4.90 Å². The van der Waals surface area contributed by atoms with E-state index in [9.17, 15) is 9.59 Å². The number of imide groups is 1. The van der Waals surface area contributed by atoms with Gasteiger partial charge in [0.1, 0.15) is 5.82 Å². The van der Waals surface area contributed by atoms with Gasteiger partial charge in [0.05, 0.1) is 5.41 Å². The van der Waals surface area contributed by atoms with E-state index >= 15 is 0 Å². The van der Waals surface area contributed by atoms with Crippen LogP contribution in [0.2, 0.25) is 0 Å². The number of aryl methyl sites for hydroxylation is 1. The number of carbonyl (C=O) groups is 2. The molecule has 0 N–H and O–H groups in total. The summed E-state index contributed by atoms with van der Waals surface area (Å²) in [5.74, 6) is 0.359. The summed E-state index contributed by atoms with van der Waals surface area (Å²) < 4.78 is 0. The molecule has 2 heterocycles. The number of amides is 2. The van der Waals surface area contributed by atoms with Crippen LogP contribution in [0.1, 0.15) is 44.1 Å². The Morgan fingerprint density at radius 1 is 1.21 bits per heavy atom. The van der Waals surface area contributed by atoms with Crippen molar-refractivity contribution in [3.05, 3.63) is 23.9 Å². The Hall–Kier alpha value is -1.71. The van der Waals surface area contributed by atoms with E-state index in [0.29, 0.717) is 12.2 Å². The smallest absolute Gasteiger partial charge is 0.241 e. The van der Waals surface area contributed by atoms with Gasteiger partial charge in [-0.1, -0.05) is 19.3 Å². The number of anilines is 1. The summed E-state index contributed by atoms with van der Waals surface area (Å²) in [6.45, 7) is 1.94. The molecule has 4 nitrogen and oxygen atoms in total. The fourth-order valence-corrected chi connectivity index (χ4v) is 3.29. The van der Waals surface area contributed by atoms with Gasteiger partial charge in [-0.25, -0.2) is 9.88 Å². The largest absolute Gasteiger partial charge is 0.274 e. The summed E-state index contributed by atoms with van der Waals surface area (Å²) in [4.78, 5) is 30.4. The summed E-state index contributed by atoms with van der Waals surface area (Å²) in [6, 6.07) is 3.67. The summed E-state index contributed by atoms with van der Waals surface area (Å²) in [6.07, 6.45) is 6.98. The zero-order chi connectivity index (χ0) is 13.5. The summed E-state index contributed by atoms with van der Waals surface area (Å²) in [7, 11) is 0. The third-order valence-electron chi connectivity index (χ3n) is 4.34. The fourth-order valence-electron chi connectivity index (χ4n) is 3.29. The maximum absolute atomic E-state index is 12.7. The van der Waals surface area contributed by atoms with Gasteiger partial charge in [0.15, 0.2) is 0 Å². The van der Waals surface area contributed by atoms with Crippen LogP contribution in [0.5, 0.6) is 0 Å². The van der Waals surface area contributed by atoms with E-state index in [2.05, 4.69) is 4.98 Å². The van der Waals surface area contributed by atoms with Crippen molar-refractivity contribution in [2.45, 2.75) is 45.4 Å². The summed E-state index contributed by atoms with van der Waals surface area (Å²) >= 11 is 0. The molecule has 1 aromatic rings. The van der Waals surface area contributed by atoms with Crippen LogP contribution in [-0.2, 0) is 9.59 Å². The first-order chi connectivity index (χ1) is 9.12. The zero-order valence-electron chi connectivity index (χ0n) is 11.2. The van der Waals surface area contributed by atoms with Crippen molar-refractivity contribution in [1.82, 2.24) is 4.98 Å². The first-order valence-electron chi connectivity index (χ1n) is 6.92. The number of nitrogens with zero attached hydrogens (tertiary/aromatic N) is 2. The molecule has 4 heteroatoms. The number of aromatic nitrogens is 1. The van der Waals surface area contributed by atoms with Crippen molar-refractivity contribution in [2.24, 2.45) is 5.41 Å². The molecule has 0 unspecified atom stereocenters. The number of hydrogen-bond donors (Lipinski definition) is 0. The highest BCUT2D eigenvalue weighted by molar-refractivity contribution is 6.22. The maximum Gasteiger partial charge on any atom is 0.241 e. The van der Waals surface area contributed by atoms with Crippen LogP contribution in [0.3, 0.4) is 0 Å². The molecule has 2 aliphatic rings. The van der Waals surface area contributed by atoms with Crippen molar-refractivity contribution in [3.63, 3.8) is 0 Å². The van der Waals surface area contributed by atoms with Crippen molar-refractivity contribution >= 4 is 17.6 Å². The lowest BCUT2D eigenvalue weighted by atomic mass is 9.73. The van der Waals surface area contributed by atoms with E-state index in [-0.39, 0.29) is 11.8 Å². The molecule has 1 aromatic heterocycles. The summed E-state index contributed by atoms with van der Waals surface area (Å²) in [5.41, 5.74) is 0.580. The van der Waals surface area contributed by atoms with Gasteiger partial charge in [0, 0.05) is 12.6 Å². The second-order valence-corrected chi connectivity index (χ2v) is 5.74. The lowest BCUT2D eigenvalue weighted by Gasteiger charge is -2.30. The topological polar surface area (TPSA) is 50.3 Å². The van der Waals surface area contributed by atoms with E-state index in [0.717, 1.165) is 31.2 Å². The Bertz CT molecular complexity index is 533. The average Bonchev–Trinajstić information content (AvgIpc) is 2.62. The molecule has 1 aliphatic heterocycles. The zero-order valence-corrected chi connectivity index (χ0v) is 11.2. The average molecular weight is 258 g/mol. The van der Waals surface area contributed by atoms with Crippen LogP contribution in [0, 0.1) is 12.3 Å². The third kappa shape index (κ3) is 1.95. The lowest BCUT2D eigenvalue weighted by molar-refractivity contribution is -0.127. The molecule has 2 amide bonds. The minimum absolute atomic E-state index is 0.0321. The normalized spacial score (nSPS) is 22.3. The molecule has 19 heavy (non-hydrogen) atoms. The number of pyridine rings is 1. The first kappa shape index (κ1) is 12.3. The lowest BCUT2D eigenvalue weighted by Crippen LogP contribution is -2.37. The van der Waals surface area contributed by atoms with Gasteiger partial charge in [-0.05, 0) is 37.5 Å². The van der Waals surface area contributed by atoms with Crippen LogP contribution >= 0.6 is 0 Å². The van der Waals surface area contributed by atoms with Crippen molar-refractivity contribution in [1.29, 1.82) is 0 Å². The molecule has 0 bridgehead atoms. The molecule has 0 atom stereocenters. The first-order valence-corrected chi connectivity index (χ1v) is 6.92.